The second-order valence-corrected chi connectivity index (χ2v) is 4.40. The molecule has 0 bridgehead atoms. The molecule has 1 saturated carbocycles. The van der Waals surface area contributed by atoms with Gasteiger partial charge in [-0.05, 0) is 49.9 Å². The van der Waals surface area contributed by atoms with Crippen LogP contribution in [0.25, 0.3) is 0 Å². The Morgan fingerprint density at radius 1 is 1.40 bits per heavy atom. The smallest absolute Gasteiger partial charge is 0.117 e. The summed E-state index contributed by atoms with van der Waals surface area (Å²) in [5, 5.41) is 3.44. The number of furan rings is 1. The van der Waals surface area contributed by atoms with E-state index in [-0.39, 0.29) is 0 Å². The van der Waals surface area contributed by atoms with E-state index in [1.165, 1.54) is 19.3 Å². The molecule has 3 N–H and O–H groups in total. The second-order valence-electron chi connectivity index (χ2n) is 4.40. The van der Waals surface area contributed by atoms with E-state index >= 15 is 0 Å². The van der Waals surface area contributed by atoms with Crippen molar-refractivity contribution in [1.82, 2.24) is 5.32 Å². The fourth-order valence-corrected chi connectivity index (χ4v) is 2.49. The van der Waals surface area contributed by atoms with Crippen molar-refractivity contribution in [2.75, 3.05) is 13.1 Å². The summed E-state index contributed by atoms with van der Waals surface area (Å²) in [6, 6.07) is 3.93. The third kappa shape index (κ3) is 2.83. The van der Waals surface area contributed by atoms with Gasteiger partial charge in [-0.25, -0.2) is 0 Å². The maximum atomic E-state index is 5.74. The molecule has 1 aliphatic carbocycles. The molecule has 1 aromatic heterocycles. The predicted molar refractivity (Wildman–Crippen MR) is 60.3 cm³/mol. The second kappa shape index (κ2) is 5.33. The lowest BCUT2D eigenvalue weighted by Gasteiger charge is -2.17. The van der Waals surface area contributed by atoms with Crippen molar-refractivity contribution < 1.29 is 4.42 Å². The Bertz CT molecular complexity index is 271. The summed E-state index contributed by atoms with van der Waals surface area (Å²) in [6.45, 7) is 2.75. The van der Waals surface area contributed by atoms with Crippen LogP contribution in [0.3, 0.4) is 0 Å². The van der Waals surface area contributed by atoms with Crippen molar-refractivity contribution in [2.24, 2.45) is 17.6 Å². The van der Waals surface area contributed by atoms with Crippen molar-refractivity contribution >= 4 is 0 Å². The summed E-state index contributed by atoms with van der Waals surface area (Å²) >= 11 is 0. The molecule has 1 aliphatic rings. The van der Waals surface area contributed by atoms with Crippen LogP contribution in [-0.2, 0) is 6.54 Å². The normalized spacial score (nSPS) is 25.9. The van der Waals surface area contributed by atoms with E-state index < -0.39 is 0 Å². The third-order valence-electron chi connectivity index (χ3n) is 3.41. The molecule has 2 unspecified atom stereocenters. The van der Waals surface area contributed by atoms with E-state index in [4.69, 9.17) is 10.2 Å². The van der Waals surface area contributed by atoms with E-state index in [0.717, 1.165) is 37.2 Å². The van der Waals surface area contributed by atoms with Gasteiger partial charge < -0.3 is 15.5 Å². The third-order valence-corrected chi connectivity index (χ3v) is 3.41. The van der Waals surface area contributed by atoms with Gasteiger partial charge in [0, 0.05) is 0 Å². The van der Waals surface area contributed by atoms with E-state index in [0.29, 0.717) is 0 Å². The summed E-state index contributed by atoms with van der Waals surface area (Å²) in [4.78, 5) is 0. The highest BCUT2D eigenvalue weighted by atomic mass is 16.3. The maximum absolute atomic E-state index is 5.74. The fraction of sp³-hybridized carbons (Fsp3) is 0.667. The molecule has 1 aromatic rings. The molecule has 0 aliphatic heterocycles. The number of nitrogens with one attached hydrogen (secondary N) is 1. The van der Waals surface area contributed by atoms with Crippen LogP contribution in [0.4, 0.5) is 0 Å². The largest absolute Gasteiger partial charge is 0.468 e. The molecule has 0 amide bonds. The first-order chi connectivity index (χ1) is 7.40. The Hall–Kier alpha value is -0.800. The lowest BCUT2D eigenvalue weighted by atomic mass is 9.96. The highest BCUT2D eigenvalue weighted by molar-refractivity contribution is 4.97. The van der Waals surface area contributed by atoms with Crippen molar-refractivity contribution in [2.45, 2.75) is 25.8 Å². The quantitative estimate of drug-likeness (QED) is 0.775. The molecule has 0 spiro atoms. The van der Waals surface area contributed by atoms with Crippen LogP contribution >= 0.6 is 0 Å². The first kappa shape index (κ1) is 10.7. The van der Waals surface area contributed by atoms with Gasteiger partial charge in [0.2, 0.25) is 0 Å². The minimum absolute atomic E-state index is 0.731. The zero-order valence-electron chi connectivity index (χ0n) is 9.11. The molecule has 15 heavy (non-hydrogen) atoms. The van der Waals surface area contributed by atoms with E-state index in [1.54, 1.807) is 6.26 Å². The monoisotopic (exact) mass is 208 g/mol. The van der Waals surface area contributed by atoms with E-state index in [9.17, 15) is 0 Å². The van der Waals surface area contributed by atoms with Crippen LogP contribution in [0.15, 0.2) is 22.8 Å². The Labute approximate surface area is 91.0 Å². The average molecular weight is 208 g/mol. The molecule has 3 heteroatoms. The lowest BCUT2D eigenvalue weighted by molar-refractivity contribution is 0.365. The van der Waals surface area contributed by atoms with Gasteiger partial charge in [-0.15, -0.1) is 0 Å². The van der Waals surface area contributed by atoms with Crippen LogP contribution in [0.5, 0.6) is 0 Å². The number of rotatable bonds is 5. The molecule has 2 atom stereocenters. The molecule has 1 fully saturated rings. The standard InChI is InChI=1S/C12H20N2O/c13-7-10-3-1-4-11(10)8-14-9-12-5-2-6-15-12/h2,5-6,10-11,14H,1,3-4,7-9,13H2. The molecule has 0 saturated heterocycles. The summed E-state index contributed by atoms with van der Waals surface area (Å²) in [5.41, 5.74) is 5.74. The van der Waals surface area contributed by atoms with Gasteiger partial charge in [-0.3, -0.25) is 0 Å². The predicted octanol–water partition coefficient (Wildman–Crippen LogP) is 1.74. The average Bonchev–Trinajstić information content (AvgIpc) is 2.88. The summed E-state index contributed by atoms with van der Waals surface area (Å²) in [7, 11) is 0. The van der Waals surface area contributed by atoms with Crippen molar-refractivity contribution in [3.8, 4) is 0 Å². The molecule has 0 radical (unpaired) electrons. The maximum Gasteiger partial charge on any atom is 0.117 e. The minimum atomic E-state index is 0.731. The zero-order valence-corrected chi connectivity index (χ0v) is 9.11. The van der Waals surface area contributed by atoms with Gasteiger partial charge in [0.25, 0.3) is 0 Å². The molecule has 1 heterocycles. The van der Waals surface area contributed by atoms with Crippen LogP contribution in [0.1, 0.15) is 25.0 Å². The van der Waals surface area contributed by atoms with Crippen LogP contribution in [0.2, 0.25) is 0 Å². The van der Waals surface area contributed by atoms with Crippen molar-refractivity contribution in [3.05, 3.63) is 24.2 Å². The summed E-state index contributed by atoms with van der Waals surface area (Å²) in [5.74, 6) is 2.51. The van der Waals surface area contributed by atoms with Gasteiger partial charge in [0.15, 0.2) is 0 Å². The Kier molecular flexibility index (Phi) is 3.80. The van der Waals surface area contributed by atoms with Crippen molar-refractivity contribution in [1.29, 1.82) is 0 Å². The highest BCUT2D eigenvalue weighted by Crippen LogP contribution is 2.30. The Morgan fingerprint density at radius 3 is 3.00 bits per heavy atom. The zero-order chi connectivity index (χ0) is 10.5. The van der Waals surface area contributed by atoms with Gasteiger partial charge in [0.1, 0.15) is 5.76 Å². The Morgan fingerprint density at radius 2 is 2.27 bits per heavy atom. The molecule has 84 valence electrons. The minimum Gasteiger partial charge on any atom is -0.468 e. The van der Waals surface area contributed by atoms with Crippen molar-refractivity contribution in [3.63, 3.8) is 0 Å². The summed E-state index contributed by atoms with van der Waals surface area (Å²) in [6.07, 6.45) is 5.70. The van der Waals surface area contributed by atoms with Crippen LogP contribution < -0.4 is 11.1 Å². The fourth-order valence-electron chi connectivity index (χ4n) is 2.49. The molecular formula is C12H20N2O. The molecule has 3 nitrogen and oxygen atoms in total. The van der Waals surface area contributed by atoms with Gasteiger partial charge in [-0.1, -0.05) is 6.42 Å². The summed E-state index contributed by atoms with van der Waals surface area (Å²) < 4.78 is 5.26. The molecular weight excluding hydrogens is 188 g/mol. The first-order valence-corrected chi connectivity index (χ1v) is 5.83. The van der Waals surface area contributed by atoms with E-state index in [2.05, 4.69) is 5.32 Å². The van der Waals surface area contributed by atoms with Crippen LogP contribution in [0, 0.1) is 11.8 Å². The van der Waals surface area contributed by atoms with Gasteiger partial charge in [-0.2, -0.15) is 0 Å². The van der Waals surface area contributed by atoms with Gasteiger partial charge >= 0.3 is 0 Å². The van der Waals surface area contributed by atoms with Crippen LogP contribution in [-0.4, -0.2) is 13.1 Å². The lowest BCUT2D eigenvalue weighted by Crippen LogP contribution is -2.28. The number of hydrogen-bond acceptors (Lipinski definition) is 3. The topological polar surface area (TPSA) is 51.2 Å². The first-order valence-electron chi connectivity index (χ1n) is 5.83. The Balaban J connectivity index is 1.69. The number of hydrogen-bond donors (Lipinski definition) is 2. The molecule has 0 aromatic carbocycles. The van der Waals surface area contributed by atoms with E-state index in [1.807, 2.05) is 12.1 Å². The number of nitrogens with two attached hydrogens (primary N) is 1. The SMILES string of the molecule is NCC1CCCC1CNCc1ccco1. The molecule has 2 rings (SSSR count). The highest BCUT2D eigenvalue weighted by Gasteiger charge is 2.25. The van der Waals surface area contributed by atoms with Gasteiger partial charge in [0.05, 0.1) is 12.8 Å².